The molecular weight excluding hydrogens is 386 g/mol. The molecule has 0 saturated carbocycles. The van der Waals surface area contributed by atoms with Gasteiger partial charge in [0.05, 0.1) is 19.3 Å². The number of morpholine rings is 1. The van der Waals surface area contributed by atoms with Gasteiger partial charge < -0.3 is 15.0 Å². The van der Waals surface area contributed by atoms with E-state index in [1.807, 2.05) is 24.3 Å². The van der Waals surface area contributed by atoms with Crippen molar-refractivity contribution in [2.24, 2.45) is 0 Å². The number of fused-ring (bicyclic) bond motifs is 1. The summed E-state index contributed by atoms with van der Waals surface area (Å²) < 4.78 is 8.45. The van der Waals surface area contributed by atoms with Crippen molar-refractivity contribution in [1.82, 2.24) is 19.5 Å². The van der Waals surface area contributed by atoms with Crippen molar-refractivity contribution >= 4 is 33.3 Å². The molecule has 4 rings (SSSR count). The van der Waals surface area contributed by atoms with Crippen molar-refractivity contribution in [2.45, 2.75) is 6.10 Å². The average molecular weight is 402 g/mol. The third-order valence-corrected chi connectivity index (χ3v) is 4.59. The van der Waals surface area contributed by atoms with Gasteiger partial charge >= 0.3 is 6.03 Å². The van der Waals surface area contributed by atoms with Gasteiger partial charge in [-0.1, -0.05) is 28.1 Å². The number of nitrogens with zero attached hydrogens (tertiary/aromatic N) is 4. The molecule has 2 aromatic heterocycles. The van der Waals surface area contributed by atoms with Crippen molar-refractivity contribution in [3.8, 4) is 0 Å². The molecule has 128 valence electrons. The number of carbonyl (C=O) groups is 1. The molecule has 3 aromatic rings. The minimum atomic E-state index is -0.177. The van der Waals surface area contributed by atoms with Crippen molar-refractivity contribution < 1.29 is 9.53 Å². The molecule has 7 nitrogen and oxygen atoms in total. The summed E-state index contributed by atoms with van der Waals surface area (Å²) >= 11 is 3.47. The second-order valence-corrected chi connectivity index (χ2v) is 6.65. The van der Waals surface area contributed by atoms with Gasteiger partial charge in [0.1, 0.15) is 11.8 Å². The first-order valence-corrected chi connectivity index (χ1v) is 8.71. The van der Waals surface area contributed by atoms with E-state index in [1.165, 1.54) is 0 Å². The second-order valence-electron chi connectivity index (χ2n) is 5.74. The van der Waals surface area contributed by atoms with Crippen LogP contribution in [-0.2, 0) is 4.74 Å². The normalized spacial score (nSPS) is 17.6. The minimum Gasteiger partial charge on any atom is -0.370 e. The Morgan fingerprint density at radius 3 is 3.16 bits per heavy atom. The minimum absolute atomic E-state index is 0.140. The first-order valence-electron chi connectivity index (χ1n) is 7.92. The molecular formula is C17H16BrN5O2. The summed E-state index contributed by atoms with van der Waals surface area (Å²) in [5.74, 6) is 0. The van der Waals surface area contributed by atoms with Crippen molar-refractivity contribution in [2.75, 3.05) is 25.0 Å². The Labute approximate surface area is 152 Å². The smallest absolute Gasteiger partial charge is 0.322 e. The maximum absolute atomic E-state index is 12.6. The zero-order valence-corrected chi connectivity index (χ0v) is 14.9. The lowest BCUT2D eigenvalue weighted by molar-refractivity contribution is -0.0135. The molecule has 2 amide bonds. The van der Waals surface area contributed by atoms with Gasteiger partial charge in [-0.3, -0.25) is 0 Å². The van der Waals surface area contributed by atoms with Crippen LogP contribution in [0.25, 0.3) is 5.65 Å². The summed E-state index contributed by atoms with van der Waals surface area (Å²) in [6.07, 6.45) is 4.92. The highest BCUT2D eigenvalue weighted by Crippen LogP contribution is 2.25. The highest BCUT2D eigenvalue weighted by atomic mass is 79.9. The predicted molar refractivity (Wildman–Crippen MR) is 96.4 cm³/mol. The number of nitrogens with one attached hydrogen (secondary N) is 1. The van der Waals surface area contributed by atoms with Gasteiger partial charge in [0, 0.05) is 23.4 Å². The molecule has 1 aliphatic heterocycles. The van der Waals surface area contributed by atoms with Crippen molar-refractivity contribution in [1.29, 1.82) is 0 Å². The van der Waals surface area contributed by atoms with Crippen molar-refractivity contribution in [3.05, 3.63) is 59.0 Å². The lowest BCUT2D eigenvalue weighted by atomic mass is 10.1. The predicted octanol–water partition coefficient (Wildman–Crippen LogP) is 3.10. The van der Waals surface area contributed by atoms with E-state index in [0.717, 1.165) is 10.0 Å². The fraction of sp³-hybridized carbons (Fsp3) is 0.235. The average Bonchev–Trinajstić information content (AvgIpc) is 3.05. The van der Waals surface area contributed by atoms with Crippen LogP contribution in [0.1, 0.15) is 11.7 Å². The maximum atomic E-state index is 12.6. The van der Waals surface area contributed by atoms with E-state index < -0.39 is 0 Å². The molecule has 1 aromatic carbocycles. The molecule has 25 heavy (non-hydrogen) atoms. The molecule has 8 heteroatoms. The number of hydrogen-bond donors (Lipinski definition) is 1. The molecule has 1 N–H and O–H groups in total. The molecule has 0 radical (unpaired) electrons. The van der Waals surface area contributed by atoms with Crippen LogP contribution in [0.4, 0.5) is 10.5 Å². The summed E-state index contributed by atoms with van der Waals surface area (Å²) in [5.41, 5.74) is 2.26. The lowest BCUT2D eigenvalue weighted by Gasteiger charge is -2.33. The van der Waals surface area contributed by atoms with Crippen LogP contribution in [0, 0.1) is 0 Å². The number of ether oxygens (including phenoxy) is 1. The van der Waals surface area contributed by atoms with Gasteiger partial charge in [-0.05, 0) is 23.8 Å². The molecule has 1 unspecified atom stereocenters. The molecule has 1 fully saturated rings. The molecule has 1 atom stereocenters. The van der Waals surface area contributed by atoms with E-state index in [4.69, 9.17) is 4.74 Å². The van der Waals surface area contributed by atoms with E-state index >= 15 is 0 Å². The molecule has 3 heterocycles. The first kappa shape index (κ1) is 16.0. The summed E-state index contributed by atoms with van der Waals surface area (Å²) in [6, 6.07) is 9.56. The standard InChI is InChI=1S/C17H16BrN5O2/c18-13-4-1-3-12(9-13)15-11-22(7-8-25-15)17(24)21-14-10-20-23-6-2-5-19-16(14)23/h1-6,9-10,15H,7-8,11H2,(H,21,24). The first-order chi connectivity index (χ1) is 12.2. The highest BCUT2D eigenvalue weighted by molar-refractivity contribution is 9.10. The third kappa shape index (κ3) is 3.35. The van der Waals surface area contributed by atoms with Crippen LogP contribution in [0.5, 0.6) is 0 Å². The number of rotatable bonds is 2. The van der Waals surface area contributed by atoms with Gasteiger partial charge in [-0.2, -0.15) is 5.10 Å². The fourth-order valence-corrected chi connectivity index (χ4v) is 3.27. The van der Waals surface area contributed by atoms with Crippen LogP contribution >= 0.6 is 15.9 Å². The quantitative estimate of drug-likeness (QED) is 0.715. The van der Waals surface area contributed by atoms with E-state index in [2.05, 4.69) is 31.3 Å². The topological polar surface area (TPSA) is 71.8 Å². The van der Waals surface area contributed by atoms with Gasteiger partial charge in [0.25, 0.3) is 0 Å². The maximum Gasteiger partial charge on any atom is 0.322 e. The largest absolute Gasteiger partial charge is 0.370 e. The Hall–Kier alpha value is -2.45. The molecule has 0 bridgehead atoms. The Kier molecular flexibility index (Phi) is 4.37. The Morgan fingerprint density at radius 2 is 2.28 bits per heavy atom. The SMILES string of the molecule is O=C(Nc1cnn2cccnc12)N1CCOC(c2cccc(Br)c2)C1. The molecule has 1 saturated heterocycles. The number of halogens is 1. The van der Waals surface area contributed by atoms with Crippen LogP contribution in [-0.4, -0.2) is 45.2 Å². The number of amides is 2. The van der Waals surface area contributed by atoms with Crippen LogP contribution in [0.15, 0.2) is 53.4 Å². The lowest BCUT2D eigenvalue weighted by Crippen LogP contribution is -2.44. The zero-order valence-electron chi connectivity index (χ0n) is 13.3. The van der Waals surface area contributed by atoms with E-state index in [0.29, 0.717) is 31.0 Å². The molecule has 0 spiro atoms. The van der Waals surface area contributed by atoms with E-state index in [-0.39, 0.29) is 12.1 Å². The van der Waals surface area contributed by atoms with Crippen LogP contribution in [0.2, 0.25) is 0 Å². The van der Waals surface area contributed by atoms with Crippen LogP contribution < -0.4 is 5.32 Å². The van der Waals surface area contributed by atoms with Gasteiger partial charge in [-0.25, -0.2) is 14.3 Å². The monoisotopic (exact) mass is 401 g/mol. The van der Waals surface area contributed by atoms with E-state index in [9.17, 15) is 4.79 Å². The third-order valence-electron chi connectivity index (χ3n) is 4.10. The number of aromatic nitrogens is 3. The highest BCUT2D eigenvalue weighted by Gasteiger charge is 2.26. The number of benzene rings is 1. The number of carbonyl (C=O) groups excluding carboxylic acids is 1. The molecule has 1 aliphatic rings. The zero-order chi connectivity index (χ0) is 17.2. The fourth-order valence-electron chi connectivity index (χ4n) is 2.85. The van der Waals surface area contributed by atoms with Gasteiger partial charge in [-0.15, -0.1) is 0 Å². The number of hydrogen-bond acceptors (Lipinski definition) is 4. The summed E-state index contributed by atoms with van der Waals surface area (Å²) in [6.45, 7) is 1.54. The Bertz CT molecular complexity index is 913. The van der Waals surface area contributed by atoms with E-state index in [1.54, 1.807) is 34.1 Å². The van der Waals surface area contributed by atoms with Crippen molar-refractivity contribution in [3.63, 3.8) is 0 Å². The Balaban J connectivity index is 1.48. The summed E-state index contributed by atoms with van der Waals surface area (Å²) in [5, 5.41) is 7.07. The van der Waals surface area contributed by atoms with Gasteiger partial charge in [0.2, 0.25) is 0 Å². The number of urea groups is 1. The summed E-state index contributed by atoms with van der Waals surface area (Å²) in [7, 11) is 0. The second kappa shape index (κ2) is 6.81. The molecule has 0 aliphatic carbocycles. The number of anilines is 1. The van der Waals surface area contributed by atoms with Gasteiger partial charge in [0.15, 0.2) is 5.65 Å². The summed E-state index contributed by atoms with van der Waals surface area (Å²) in [4.78, 5) is 18.6. The van der Waals surface area contributed by atoms with Crippen LogP contribution in [0.3, 0.4) is 0 Å². The Morgan fingerprint density at radius 1 is 1.36 bits per heavy atom.